The topological polar surface area (TPSA) is 24.9 Å². The van der Waals surface area contributed by atoms with E-state index in [2.05, 4.69) is 10.3 Å². The second-order valence-corrected chi connectivity index (χ2v) is 4.57. The number of halogens is 2. The summed E-state index contributed by atoms with van der Waals surface area (Å²) in [6.07, 6.45) is 0.713. The van der Waals surface area contributed by atoms with Gasteiger partial charge in [-0.15, -0.1) is 11.3 Å². The second kappa shape index (κ2) is 5.23. The smallest absolute Gasteiger partial charge is 0.149 e. The minimum atomic E-state index is -0.564. The van der Waals surface area contributed by atoms with Crippen LogP contribution in [-0.2, 0) is 6.42 Å². The van der Waals surface area contributed by atoms with Gasteiger partial charge in [-0.3, -0.25) is 0 Å². The Morgan fingerprint density at radius 3 is 2.59 bits per heavy atom. The van der Waals surface area contributed by atoms with Crippen LogP contribution in [0.15, 0.2) is 23.7 Å². The molecule has 0 amide bonds. The van der Waals surface area contributed by atoms with Crippen molar-refractivity contribution in [3.05, 3.63) is 45.9 Å². The van der Waals surface area contributed by atoms with Gasteiger partial charge in [0.25, 0.3) is 0 Å². The fourth-order valence-corrected chi connectivity index (χ4v) is 2.32. The number of nitrogens with one attached hydrogen (secondary N) is 1. The third kappa shape index (κ3) is 2.79. The molecule has 0 aliphatic heterocycles. The van der Waals surface area contributed by atoms with Crippen molar-refractivity contribution in [2.75, 3.05) is 11.9 Å². The average molecular weight is 254 g/mol. The largest absolute Gasteiger partial charge is 0.380 e. The quantitative estimate of drug-likeness (QED) is 0.904. The molecule has 1 aromatic heterocycles. The molecule has 90 valence electrons. The van der Waals surface area contributed by atoms with Crippen LogP contribution >= 0.6 is 11.3 Å². The van der Waals surface area contributed by atoms with Gasteiger partial charge in [0.2, 0.25) is 0 Å². The molecule has 0 aliphatic rings. The van der Waals surface area contributed by atoms with Crippen molar-refractivity contribution < 1.29 is 8.78 Å². The normalized spacial score (nSPS) is 10.5. The third-order valence-electron chi connectivity index (χ3n) is 2.46. The zero-order chi connectivity index (χ0) is 12.3. The number of anilines is 1. The molecule has 0 saturated carbocycles. The van der Waals surface area contributed by atoms with E-state index >= 15 is 0 Å². The Morgan fingerprint density at radius 2 is 2.00 bits per heavy atom. The van der Waals surface area contributed by atoms with Crippen LogP contribution in [0.3, 0.4) is 0 Å². The highest BCUT2D eigenvalue weighted by Crippen LogP contribution is 2.18. The molecule has 2 nitrogen and oxygen atoms in total. The highest BCUT2D eigenvalue weighted by molar-refractivity contribution is 7.09. The molecule has 1 N–H and O–H groups in total. The predicted molar refractivity (Wildman–Crippen MR) is 65.4 cm³/mol. The van der Waals surface area contributed by atoms with E-state index in [-0.39, 0.29) is 5.69 Å². The number of aryl methyl sites for hydroxylation is 1. The molecule has 0 atom stereocenters. The number of para-hydroxylation sites is 1. The number of thiazole rings is 1. The molecule has 1 aromatic carbocycles. The first kappa shape index (κ1) is 12.0. The first-order valence-electron chi connectivity index (χ1n) is 5.25. The summed E-state index contributed by atoms with van der Waals surface area (Å²) in [5.74, 6) is -1.13. The maximum Gasteiger partial charge on any atom is 0.149 e. The molecule has 1 heterocycles. The van der Waals surface area contributed by atoms with Crippen LogP contribution in [0.25, 0.3) is 0 Å². The lowest BCUT2D eigenvalue weighted by atomic mass is 10.2. The standard InChI is InChI=1S/C12H12F2N2S/c1-8-11(17-7-16-8)5-6-15-12-9(13)3-2-4-10(12)14/h2-4,7,15H,5-6H2,1H3. The van der Waals surface area contributed by atoms with Gasteiger partial charge in [-0.2, -0.15) is 0 Å². The fourth-order valence-electron chi connectivity index (χ4n) is 1.53. The highest BCUT2D eigenvalue weighted by atomic mass is 32.1. The first-order chi connectivity index (χ1) is 8.18. The van der Waals surface area contributed by atoms with Gasteiger partial charge in [-0.25, -0.2) is 13.8 Å². The van der Waals surface area contributed by atoms with Crippen LogP contribution in [0, 0.1) is 18.6 Å². The van der Waals surface area contributed by atoms with Crippen LogP contribution < -0.4 is 5.32 Å². The van der Waals surface area contributed by atoms with E-state index in [1.807, 2.05) is 6.92 Å². The lowest BCUT2D eigenvalue weighted by molar-refractivity contribution is 0.588. The average Bonchev–Trinajstić information content (AvgIpc) is 2.69. The van der Waals surface area contributed by atoms with Gasteiger partial charge in [0.15, 0.2) is 0 Å². The zero-order valence-electron chi connectivity index (χ0n) is 9.34. The molecule has 0 unspecified atom stereocenters. The van der Waals surface area contributed by atoms with Gasteiger partial charge in [-0.05, 0) is 19.1 Å². The Morgan fingerprint density at radius 1 is 1.29 bits per heavy atom. The Hall–Kier alpha value is -1.49. The number of hydrogen-bond donors (Lipinski definition) is 1. The molecular weight excluding hydrogens is 242 g/mol. The molecule has 0 aliphatic carbocycles. The summed E-state index contributed by atoms with van der Waals surface area (Å²) in [6.45, 7) is 2.41. The summed E-state index contributed by atoms with van der Waals surface area (Å²) in [6, 6.07) is 3.83. The van der Waals surface area contributed by atoms with Crippen LogP contribution in [0.4, 0.5) is 14.5 Å². The Balaban J connectivity index is 1.97. The van der Waals surface area contributed by atoms with Gasteiger partial charge >= 0.3 is 0 Å². The molecule has 0 fully saturated rings. The molecule has 5 heteroatoms. The van der Waals surface area contributed by atoms with E-state index in [1.54, 1.807) is 16.8 Å². The van der Waals surface area contributed by atoms with Crippen LogP contribution in [0.2, 0.25) is 0 Å². The van der Waals surface area contributed by atoms with Gasteiger partial charge in [0, 0.05) is 17.8 Å². The van der Waals surface area contributed by atoms with Crippen molar-refractivity contribution in [3.8, 4) is 0 Å². The summed E-state index contributed by atoms with van der Waals surface area (Å²) in [4.78, 5) is 5.25. The van der Waals surface area contributed by atoms with E-state index in [0.717, 1.165) is 10.6 Å². The lowest BCUT2D eigenvalue weighted by Gasteiger charge is -2.07. The van der Waals surface area contributed by atoms with Crippen molar-refractivity contribution in [1.29, 1.82) is 0 Å². The van der Waals surface area contributed by atoms with E-state index in [9.17, 15) is 8.78 Å². The van der Waals surface area contributed by atoms with E-state index < -0.39 is 11.6 Å². The minimum Gasteiger partial charge on any atom is -0.380 e. The Bertz CT molecular complexity index is 491. The van der Waals surface area contributed by atoms with Gasteiger partial charge in [0.05, 0.1) is 11.2 Å². The predicted octanol–water partition coefficient (Wildman–Crippen LogP) is 3.38. The van der Waals surface area contributed by atoms with Crippen LogP contribution in [0.1, 0.15) is 10.6 Å². The van der Waals surface area contributed by atoms with Gasteiger partial charge in [0.1, 0.15) is 17.3 Å². The fraction of sp³-hybridized carbons (Fsp3) is 0.250. The molecule has 0 saturated heterocycles. The number of hydrogen-bond acceptors (Lipinski definition) is 3. The maximum atomic E-state index is 13.3. The molecule has 17 heavy (non-hydrogen) atoms. The lowest BCUT2D eigenvalue weighted by Crippen LogP contribution is -2.07. The van der Waals surface area contributed by atoms with Crippen molar-refractivity contribution in [1.82, 2.24) is 4.98 Å². The Kier molecular flexibility index (Phi) is 3.68. The van der Waals surface area contributed by atoms with Crippen molar-refractivity contribution in [2.24, 2.45) is 0 Å². The number of benzene rings is 1. The monoisotopic (exact) mass is 254 g/mol. The van der Waals surface area contributed by atoms with E-state index in [1.165, 1.54) is 18.2 Å². The SMILES string of the molecule is Cc1ncsc1CCNc1c(F)cccc1F. The van der Waals surface area contributed by atoms with Gasteiger partial charge < -0.3 is 5.32 Å². The summed E-state index contributed by atoms with van der Waals surface area (Å²) in [7, 11) is 0. The first-order valence-corrected chi connectivity index (χ1v) is 6.13. The van der Waals surface area contributed by atoms with Crippen LogP contribution in [-0.4, -0.2) is 11.5 Å². The molecule has 2 rings (SSSR count). The minimum absolute atomic E-state index is 0.0605. The van der Waals surface area contributed by atoms with E-state index in [0.29, 0.717) is 13.0 Å². The van der Waals surface area contributed by atoms with Gasteiger partial charge in [-0.1, -0.05) is 6.07 Å². The third-order valence-corrected chi connectivity index (χ3v) is 3.46. The summed E-state index contributed by atoms with van der Waals surface area (Å²) < 4.78 is 26.6. The number of aromatic nitrogens is 1. The highest BCUT2D eigenvalue weighted by Gasteiger charge is 2.07. The van der Waals surface area contributed by atoms with Crippen molar-refractivity contribution in [2.45, 2.75) is 13.3 Å². The Labute approximate surface area is 102 Å². The summed E-state index contributed by atoms with van der Waals surface area (Å²) in [5.41, 5.74) is 2.69. The molecule has 0 bridgehead atoms. The van der Waals surface area contributed by atoms with Crippen molar-refractivity contribution >= 4 is 17.0 Å². The molecular formula is C12H12F2N2S. The second-order valence-electron chi connectivity index (χ2n) is 3.63. The number of rotatable bonds is 4. The maximum absolute atomic E-state index is 13.3. The summed E-state index contributed by atoms with van der Waals surface area (Å²) >= 11 is 1.55. The number of nitrogens with zero attached hydrogens (tertiary/aromatic N) is 1. The molecule has 2 aromatic rings. The van der Waals surface area contributed by atoms with Crippen molar-refractivity contribution in [3.63, 3.8) is 0 Å². The van der Waals surface area contributed by atoms with Crippen LogP contribution in [0.5, 0.6) is 0 Å². The molecule has 0 radical (unpaired) electrons. The summed E-state index contributed by atoms with van der Waals surface area (Å²) in [5, 5.41) is 2.78. The van der Waals surface area contributed by atoms with E-state index in [4.69, 9.17) is 0 Å². The molecule has 0 spiro atoms. The zero-order valence-corrected chi connectivity index (χ0v) is 10.2.